The van der Waals surface area contributed by atoms with E-state index in [2.05, 4.69) is 10.3 Å². The molecule has 2 aromatic heterocycles. The lowest BCUT2D eigenvalue weighted by Crippen LogP contribution is -2.22. The molecule has 0 aliphatic heterocycles. The average Bonchev–Trinajstić information content (AvgIpc) is 3.20. The number of furan rings is 1. The number of thiazole rings is 1. The van der Waals surface area contributed by atoms with Gasteiger partial charge in [-0.05, 0) is 37.3 Å². The number of thioether (sulfide) groups is 1. The summed E-state index contributed by atoms with van der Waals surface area (Å²) < 4.78 is 11.4. The van der Waals surface area contributed by atoms with Gasteiger partial charge < -0.3 is 14.5 Å². The zero-order valence-electron chi connectivity index (χ0n) is 12.7. The number of aromatic nitrogens is 1. The van der Waals surface area contributed by atoms with Gasteiger partial charge in [-0.25, -0.2) is 4.98 Å². The number of nitrogens with zero attached hydrogens (tertiary/aromatic N) is 1. The van der Waals surface area contributed by atoms with Crippen LogP contribution in [0.1, 0.15) is 12.7 Å². The van der Waals surface area contributed by atoms with E-state index in [1.807, 2.05) is 37.3 Å². The van der Waals surface area contributed by atoms with Crippen molar-refractivity contribution in [3.8, 4) is 5.75 Å². The molecule has 2 heterocycles. The standard InChI is InChI=1S/C16H16N2O3S2/c1-10(22-9-12-4-3-7-21-12)15(19)18-16-17-13-6-5-11(20-2)8-14(13)23-16/h3-8,10H,9H2,1-2H3,(H,17,18,19). The lowest BCUT2D eigenvalue weighted by molar-refractivity contribution is -0.115. The number of amides is 1. The van der Waals surface area contributed by atoms with Gasteiger partial charge in [0.05, 0.1) is 34.6 Å². The number of carbonyl (C=O) groups is 1. The van der Waals surface area contributed by atoms with Crippen LogP contribution in [-0.2, 0) is 10.5 Å². The van der Waals surface area contributed by atoms with E-state index in [1.54, 1.807) is 13.4 Å². The fourth-order valence-corrected chi connectivity index (χ4v) is 3.66. The molecule has 0 saturated heterocycles. The van der Waals surface area contributed by atoms with Gasteiger partial charge in [0.2, 0.25) is 5.91 Å². The molecule has 0 aliphatic carbocycles. The molecular formula is C16H16N2O3S2. The first-order valence-electron chi connectivity index (χ1n) is 7.05. The van der Waals surface area contributed by atoms with E-state index >= 15 is 0 Å². The molecule has 3 aromatic rings. The molecular weight excluding hydrogens is 332 g/mol. The summed E-state index contributed by atoms with van der Waals surface area (Å²) in [6, 6.07) is 9.40. The predicted octanol–water partition coefficient (Wildman–Crippen LogP) is 4.16. The monoisotopic (exact) mass is 348 g/mol. The quantitative estimate of drug-likeness (QED) is 0.725. The van der Waals surface area contributed by atoms with E-state index < -0.39 is 0 Å². The van der Waals surface area contributed by atoms with Crippen LogP contribution in [0.3, 0.4) is 0 Å². The van der Waals surface area contributed by atoms with Crippen LogP contribution in [0.15, 0.2) is 41.0 Å². The molecule has 5 nitrogen and oxygen atoms in total. The zero-order chi connectivity index (χ0) is 16.2. The molecule has 0 fully saturated rings. The van der Waals surface area contributed by atoms with Crippen LogP contribution in [-0.4, -0.2) is 23.3 Å². The maximum absolute atomic E-state index is 12.3. The van der Waals surface area contributed by atoms with E-state index in [9.17, 15) is 4.79 Å². The minimum Gasteiger partial charge on any atom is -0.497 e. The van der Waals surface area contributed by atoms with Crippen molar-refractivity contribution in [1.82, 2.24) is 4.98 Å². The Bertz CT molecular complexity index is 799. The molecule has 1 N–H and O–H groups in total. The van der Waals surface area contributed by atoms with Crippen LogP contribution in [0.4, 0.5) is 5.13 Å². The first-order chi connectivity index (χ1) is 11.2. The third-order valence-electron chi connectivity index (χ3n) is 3.25. The van der Waals surface area contributed by atoms with Crippen molar-refractivity contribution in [2.24, 2.45) is 0 Å². The second kappa shape index (κ2) is 7.06. The molecule has 120 valence electrons. The van der Waals surface area contributed by atoms with Crippen molar-refractivity contribution in [2.75, 3.05) is 12.4 Å². The van der Waals surface area contributed by atoms with Gasteiger partial charge in [0.25, 0.3) is 0 Å². The number of hydrogen-bond acceptors (Lipinski definition) is 6. The highest BCUT2D eigenvalue weighted by Gasteiger charge is 2.16. The zero-order valence-corrected chi connectivity index (χ0v) is 14.4. The van der Waals surface area contributed by atoms with Gasteiger partial charge in [-0.15, -0.1) is 11.8 Å². The molecule has 0 spiro atoms. The highest BCUT2D eigenvalue weighted by atomic mass is 32.2. The normalized spacial score (nSPS) is 12.3. The van der Waals surface area contributed by atoms with Crippen molar-refractivity contribution in [1.29, 1.82) is 0 Å². The number of ether oxygens (including phenoxy) is 1. The van der Waals surface area contributed by atoms with Crippen molar-refractivity contribution < 1.29 is 13.9 Å². The van der Waals surface area contributed by atoms with Gasteiger partial charge >= 0.3 is 0 Å². The first-order valence-corrected chi connectivity index (χ1v) is 8.91. The second-order valence-corrected chi connectivity index (χ2v) is 7.23. The van der Waals surface area contributed by atoms with Crippen molar-refractivity contribution in [2.45, 2.75) is 17.9 Å². The van der Waals surface area contributed by atoms with E-state index in [-0.39, 0.29) is 11.2 Å². The molecule has 0 radical (unpaired) electrons. The summed E-state index contributed by atoms with van der Waals surface area (Å²) in [6.07, 6.45) is 1.63. The Hall–Kier alpha value is -1.99. The number of nitrogens with one attached hydrogen (secondary N) is 1. The molecule has 3 rings (SSSR count). The highest BCUT2D eigenvalue weighted by molar-refractivity contribution is 7.99. The molecule has 0 saturated carbocycles. The first kappa shape index (κ1) is 15.9. The molecule has 1 atom stereocenters. The van der Waals surface area contributed by atoms with Crippen LogP contribution < -0.4 is 10.1 Å². The van der Waals surface area contributed by atoms with E-state index in [4.69, 9.17) is 9.15 Å². The third kappa shape index (κ3) is 3.86. The Labute approximate surface area is 142 Å². The largest absolute Gasteiger partial charge is 0.497 e. The molecule has 23 heavy (non-hydrogen) atoms. The number of fused-ring (bicyclic) bond motifs is 1. The number of anilines is 1. The molecule has 0 bridgehead atoms. The number of rotatable bonds is 6. The molecule has 0 aliphatic rings. The maximum Gasteiger partial charge on any atom is 0.239 e. The fraction of sp³-hybridized carbons (Fsp3) is 0.250. The molecule has 1 amide bonds. The smallest absolute Gasteiger partial charge is 0.239 e. The molecule has 1 unspecified atom stereocenters. The minimum absolute atomic E-state index is 0.0624. The van der Waals surface area contributed by atoms with Gasteiger partial charge in [-0.2, -0.15) is 0 Å². The fourth-order valence-electron chi connectivity index (χ4n) is 1.97. The van der Waals surface area contributed by atoms with Crippen LogP contribution in [0.5, 0.6) is 5.75 Å². The van der Waals surface area contributed by atoms with E-state index in [0.29, 0.717) is 10.9 Å². The summed E-state index contributed by atoms with van der Waals surface area (Å²) >= 11 is 2.96. The summed E-state index contributed by atoms with van der Waals surface area (Å²) in [6.45, 7) is 1.87. The van der Waals surface area contributed by atoms with E-state index in [0.717, 1.165) is 21.7 Å². The van der Waals surface area contributed by atoms with Gasteiger partial charge in [-0.1, -0.05) is 11.3 Å². The van der Waals surface area contributed by atoms with Gasteiger partial charge in [0, 0.05) is 0 Å². The Morgan fingerprint density at radius 3 is 3.09 bits per heavy atom. The van der Waals surface area contributed by atoms with Gasteiger partial charge in [-0.3, -0.25) is 4.79 Å². The Balaban J connectivity index is 1.62. The number of benzene rings is 1. The van der Waals surface area contributed by atoms with Crippen LogP contribution >= 0.6 is 23.1 Å². The number of hydrogen-bond donors (Lipinski definition) is 1. The lowest BCUT2D eigenvalue weighted by Gasteiger charge is -2.09. The Morgan fingerprint density at radius 2 is 2.35 bits per heavy atom. The predicted molar refractivity (Wildman–Crippen MR) is 94.3 cm³/mol. The van der Waals surface area contributed by atoms with Crippen LogP contribution in [0, 0.1) is 0 Å². The third-order valence-corrected chi connectivity index (χ3v) is 5.35. The van der Waals surface area contributed by atoms with Crippen LogP contribution in [0.2, 0.25) is 0 Å². The summed E-state index contributed by atoms with van der Waals surface area (Å²) in [5, 5.41) is 3.28. The lowest BCUT2D eigenvalue weighted by atomic mass is 10.3. The Morgan fingerprint density at radius 1 is 1.48 bits per heavy atom. The number of methoxy groups -OCH3 is 1. The number of carbonyl (C=O) groups excluding carboxylic acids is 1. The molecule has 7 heteroatoms. The topological polar surface area (TPSA) is 64.4 Å². The maximum atomic E-state index is 12.3. The SMILES string of the molecule is COc1ccc2nc(NC(=O)C(C)SCc3ccco3)sc2c1. The average molecular weight is 348 g/mol. The van der Waals surface area contributed by atoms with Crippen LogP contribution in [0.25, 0.3) is 10.2 Å². The summed E-state index contributed by atoms with van der Waals surface area (Å²) in [5.41, 5.74) is 0.849. The summed E-state index contributed by atoms with van der Waals surface area (Å²) in [5.74, 6) is 2.24. The van der Waals surface area contributed by atoms with Crippen molar-refractivity contribution >= 4 is 44.4 Å². The highest BCUT2D eigenvalue weighted by Crippen LogP contribution is 2.29. The summed E-state index contributed by atoms with van der Waals surface area (Å²) in [4.78, 5) is 16.7. The van der Waals surface area contributed by atoms with Gasteiger partial charge in [0.1, 0.15) is 11.5 Å². The van der Waals surface area contributed by atoms with Gasteiger partial charge in [0.15, 0.2) is 5.13 Å². The Kier molecular flexibility index (Phi) is 4.88. The second-order valence-electron chi connectivity index (χ2n) is 4.87. The van der Waals surface area contributed by atoms with Crippen molar-refractivity contribution in [3.63, 3.8) is 0 Å². The van der Waals surface area contributed by atoms with E-state index in [1.165, 1.54) is 23.1 Å². The minimum atomic E-state index is -0.193. The molecule has 1 aromatic carbocycles. The van der Waals surface area contributed by atoms with Crippen molar-refractivity contribution in [3.05, 3.63) is 42.4 Å². The summed E-state index contributed by atoms with van der Waals surface area (Å²) in [7, 11) is 1.63.